The summed E-state index contributed by atoms with van der Waals surface area (Å²) < 4.78 is 5.27. The van der Waals surface area contributed by atoms with E-state index in [1.807, 2.05) is 0 Å². The molecule has 0 bridgehead atoms. The fourth-order valence-corrected chi connectivity index (χ4v) is 2.10. The lowest BCUT2D eigenvalue weighted by Crippen LogP contribution is -2.28. The van der Waals surface area contributed by atoms with Gasteiger partial charge >= 0.3 is 0 Å². The zero-order chi connectivity index (χ0) is 11.3. The molecule has 0 aliphatic carbocycles. The number of hydrogen-bond acceptors (Lipinski definition) is 3. The predicted octanol–water partition coefficient (Wildman–Crippen LogP) is 1.36. The van der Waals surface area contributed by atoms with Crippen LogP contribution in [-0.2, 0) is 4.74 Å². The third kappa shape index (κ3) is 4.49. The third-order valence-corrected chi connectivity index (χ3v) is 3.28. The van der Waals surface area contributed by atoms with E-state index in [0.717, 1.165) is 19.1 Å². The molecular weight excluding hydrogens is 190 g/mol. The second-order valence-electron chi connectivity index (χ2n) is 5.49. The standard InChI is InChI=1S/C12H25NO2/c1-12(2,3)11-4-5-13(10-11)6-8-15-9-7-14/h11,14H,4-10H2,1-3H3. The molecule has 3 nitrogen and oxygen atoms in total. The lowest BCUT2D eigenvalue weighted by atomic mass is 9.80. The van der Waals surface area contributed by atoms with Gasteiger partial charge in [-0.3, -0.25) is 0 Å². The van der Waals surface area contributed by atoms with Crippen LogP contribution in [0.3, 0.4) is 0 Å². The summed E-state index contributed by atoms with van der Waals surface area (Å²) in [5.41, 5.74) is 0.431. The first-order chi connectivity index (χ1) is 7.04. The van der Waals surface area contributed by atoms with Gasteiger partial charge in [0.15, 0.2) is 0 Å². The highest BCUT2D eigenvalue weighted by Gasteiger charge is 2.31. The van der Waals surface area contributed by atoms with Crippen LogP contribution in [0.15, 0.2) is 0 Å². The molecule has 1 N–H and O–H groups in total. The molecule has 1 heterocycles. The van der Waals surface area contributed by atoms with Crippen LogP contribution >= 0.6 is 0 Å². The molecule has 15 heavy (non-hydrogen) atoms. The number of nitrogens with zero attached hydrogens (tertiary/aromatic N) is 1. The Morgan fingerprint density at radius 2 is 2.07 bits per heavy atom. The zero-order valence-corrected chi connectivity index (χ0v) is 10.3. The van der Waals surface area contributed by atoms with Crippen LogP contribution in [0.5, 0.6) is 0 Å². The number of aliphatic hydroxyl groups excluding tert-OH is 1. The largest absolute Gasteiger partial charge is 0.394 e. The second kappa shape index (κ2) is 5.83. The van der Waals surface area contributed by atoms with Crippen molar-refractivity contribution in [3.05, 3.63) is 0 Å². The van der Waals surface area contributed by atoms with Gasteiger partial charge in [0.05, 0.1) is 19.8 Å². The topological polar surface area (TPSA) is 32.7 Å². The van der Waals surface area contributed by atoms with Crippen LogP contribution in [0.1, 0.15) is 27.2 Å². The molecule has 1 aliphatic heterocycles. The SMILES string of the molecule is CC(C)(C)C1CCN(CCOCCO)C1. The molecule has 0 saturated carbocycles. The summed E-state index contributed by atoms with van der Waals surface area (Å²) in [6.45, 7) is 11.7. The first-order valence-electron chi connectivity index (χ1n) is 5.95. The van der Waals surface area contributed by atoms with E-state index in [2.05, 4.69) is 25.7 Å². The van der Waals surface area contributed by atoms with Crippen molar-refractivity contribution in [1.29, 1.82) is 0 Å². The fourth-order valence-electron chi connectivity index (χ4n) is 2.10. The lowest BCUT2D eigenvalue weighted by molar-refractivity contribution is 0.0761. The van der Waals surface area contributed by atoms with Gasteiger partial charge in [-0.1, -0.05) is 20.8 Å². The molecule has 1 unspecified atom stereocenters. The van der Waals surface area contributed by atoms with Gasteiger partial charge in [-0.15, -0.1) is 0 Å². The van der Waals surface area contributed by atoms with Crippen LogP contribution in [0, 0.1) is 11.3 Å². The molecule has 0 aromatic carbocycles. The Kier molecular flexibility index (Phi) is 5.03. The fraction of sp³-hybridized carbons (Fsp3) is 1.00. The minimum atomic E-state index is 0.130. The summed E-state index contributed by atoms with van der Waals surface area (Å²) in [6, 6.07) is 0. The van der Waals surface area contributed by atoms with Crippen molar-refractivity contribution in [2.75, 3.05) is 39.5 Å². The summed E-state index contributed by atoms with van der Waals surface area (Å²) in [5.74, 6) is 0.815. The van der Waals surface area contributed by atoms with Gasteiger partial charge in [0.25, 0.3) is 0 Å². The molecule has 90 valence electrons. The van der Waals surface area contributed by atoms with Crippen LogP contribution in [-0.4, -0.2) is 49.5 Å². The monoisotopic (exact) mass is 215 g/mol. The molecule has 0 aromatic heterocycles. The van der Waals surface area contributed by atoms with Gasteiger partial charge < -0.3 is 14.7 Å². The second-order valence-corrected chi connectivity index (χ2v) is 5.49. The number of hydrogen-bond donors (Lipinski definition) is 1. The molecule has 0 amide bonds. The van der Waals surface area contributed by atoms with Crippen molar-refractivity contribution in [3.63, 3.8) is 0 Å². The number of ether oxygens (including phenoxy) is 1. The first-order valence-corrected chi connectivity index (χ1v) is 5.95. The smallest absolute Gasteiger partial charge is 0.0698 e. The van der Waals surface area contributed by atoms with Crippen molar-refractivity contribution in [2.24, 2.45) is 11.3 Å². The summed E-state index contributed by atoms with van der Waals surface area (Å²) >= 11 is 0. The Bertz CT molecular complexity index is 177. The number of aliphatic hydroxyl groups is 1. The molecule has 1 atom stereocenters. The summed E-state index contributed by atoms with van der Waals surface area (Å²) in [6.07, 6.45) is 1.31. The zero-order valence-electron chi connectivity index (χ0n) is 10.3. The van der Waals surface area contributed by atoms with Crippen molar-refractivity contribution in [3.8, 4) is 0 Å². The minimum absolute atomic E-state index is 0.130. The maximum absolute atomic E-state index is 8.57. The van der Waals surface area contributed by atoms with Crippen molar-refractivity contribution < 1.29 is 9.84 Å². The van der Waals surface area contributed by atoms with Gasteiger partial charge in [-0.25, -0.2) is 0 Å². The Morgan fingerprint density at radius 1 is 1.33 bits per heavy atom. The van der Waals surface area contributed by atoms with E-state index >= 15 is 0 Å². The van der Waals surface area contributed by atoms with Gasteiger partial charge in [0.2, 0.25) is 0 Å². The maximum atomic E-state index is 8.57. The highest BCUT2D eigenvalue weighted by atomic mass is 16.5. The van der Waals surface area contributed by atoms with Crippen molar-refractivity contribution in [2.45, 2.75) is 27.2 Å². The Balaban J connectivity index is 2.14. The van der Waals surface area contributed by atoms with Gasteiger partial charge in [0.1, 0.15) is 0 Å². The average molecular weight is 215 g/mol. The molecule has 0 aromatic rings. The van der Waals surface area contributed by atoms with Crippen LogP contribution in [0.4, 0.5) is 0 Å². The highest BCUT2D eigenvalue weighted by molar-refractivity contribution is 4.83. The molecule has 1 aliphatic rings. The molecule has 1 fully saturated rings. The van der Waals surface area contributed by atoms with E-state index < -0.39 is 0 Å². The Hall–Kier alpha value is -0.120. The van der Waals surface area contributed by atoms with Crippen molar-refractivity contribution in [1.82, 2.24) is 4.90 Å². The van der Waals surface area contributed by atoms with E-state index in [1.165, 1.54) is 19.5 Å². The number of rotatable bonds is 5. The minimum Gasteiger partial charge on any atom is -0.394 e. The van der Waals surface area contributed by atoms with E-state index in [0.29, 0.717) is 12.0 Å². The van der Waals surface area contributed by atoms with E-state index in [-0.39, 0.29) is 6.61 Å². The van der Waals surface area contributed by atoms with Gasteiger partial charge in [0, 0.05) is 13.1 Å². The van der Waals surface area contributed by atoms with Gasteiger partial charge in [-0.2, -0.15) is 0 Å². The molecule has 0 spiro atoms. The number of likely N-dealkylation sites (tertiary alicyclic amines) is 1. The molecule has 3 heteroatoms. The quantitative estimate of drug-likeness (QED) is 0.703. The first kappa shape index (κ1) is 12.9. The van der Waals surface area contributed by atoms with Crippen LogP contribution < -0.4 is 0 Å². The third-order valence-electron chi connectivity index (χ3n) is 3.28. The molecule has 1 saturated heterocycles. The van der Waals surface area contributed by atoms with E-state index in [9.17, 15) is 0 Å². The van der Waals surface area contributed by atoms with Crippen molar-refractivity contribution >= 4 is 0 Å². The molecular formula is C12H25NO2. The summed E-state index contributed by atoms with van der Waals surface area (Å²) in [5, 5.41) is 8.57. The summed E-state index contributed by atoms with van der Waals surface area (Å²) in [7, 11) is 0. The van der Waals surface area contributed by atoms with Crippen LogP contribution in [0.2, 0.25) is 0 Å². The predicted molar refractivity (Wildman–Crippen MR) is 61.9 cm³/mol. The van der Waals surface area contributed by atoms with E-state index in [1.54, 1.807) is 0 Å². The van der Waals surface area contributed by atoms with Gasteiger partial charge in [-0.05, 0) is 24.3 Å². The Morgan fingerprint density at radius 3 is 2.60 bits per heavy atom. The molecule has 1 rings (SSSR count). The maximum Gasteiger partial charge on any atom is 0.0698 e. The van der Waals surface area contributed by atoms with E-state index in [4.69, 9.17) is 9.84 Å². The normalized spacial score (nSPS) is 23.6. The lowest BCUT2D eigenvalue weighted by Gasteiger charge is -2.27. The summed E-state index contributed by atoms with van der Waals surface area (Å²) in [4.78, 5) is 2.47. The molecule has 0 radical (unpaired) electrons. The highest BCUT2D eigenvalue weighted by Crippen LogP contribution is 2.33. The average Bonchev–Trinajstić information content (AvgIpc) is 2.60. The van der Waals surface area contributed by atoms with Crippen LogP contribution in [0.25, 0.3) is 0 Å². The Labute approximate surface area is 93.4 Å².